The maximum atomic E-state index is 13.6. The van der Waals surface area contributed by atoms with Gasteiger partial charge < -0.3 is 10.5 Å². The molecule has 2 atom stereocenters. The van der Waals surface area contributed by atoms with E-state index in [1.807, 2.05) is 13.0 Å². The minimum Gasteiger partial charge on any atom is -0.483 e. The van der Waals surface area contributed by atoms with Crippen molar-refractivity contribution in [3.63, 3.8) is 0 Å². The van der Waals surface area contributed by atoms with E-state index in [0.29, 0.717) is 6.42 Å². The molecule has 108 valence electrons. The summed E-state index contributed by atoms with van der Waals surface area (Å²) in [5.74, 6) is -0.406. The Morgan fingerprint density at radius 3 is 2.67 bits per heavy atom. The Morgan fingerprint density at radius 2 is 2.05 bits per heavy atom. The summed E-state index contributed by atoms with van der Waals surface area (Å²) < 4.78 is 19.5. The van der Waals surface area contributed by atoms with Crippen LogP contribution in [0.1, 0.15) is 30.6 Å². The summed E-state index contributed by atoms with van der Waals surface area (Å²) in [4.78, 5) is 3.96. The van der Waals surface area contributed by atoms with Crippen LogP contribution in [0.3, 0.4) is 0 Å². The van der Waals surface area contributed by atoms with E-state index in [1.54, 1.807) is 30.6 Å². The van der Waals surface area contributed by atoms with Crippen LogP contribution >= 0.6 is 0 Å². The van der Waals surface area contributed by atoms with Gasteiger partial charge in [0.2, 0.25) is 0 Å². The van der Waals surface area contributed by atoms with Crippen molar-refractivity contribution >= 4 is 0 Å². The van der Waals surface area contributed by atoms with Crippen molar-refractivity contribution in [3.05, 3.63) is 59.7 Å². The molecule has 0 saturated carbocycles. The fraction of sp³-hybridized carbons (Fsp3) is 0.250. The summed E-state index contributed by atoms with van der Waals surface area (Å²) in [6.45, 7) is 1.94. The van der Waals surface area contributed by atoms with Gasteiger partial charge in [-0.25, -0.2) is 4.39 Å². The van der Waals surface area contributed by atoms with E-state index < -0.39 is 11.9 Å². The number of nitrogens with zero attached hydrogens (tertiary/aromatic N) is 2. The topological polar surface area (TPSA) is 71.9 Å². The number of halogens is 1. The highest BCUT2D eigenvalue weighted by Gasteiger charge is 2.22. The Hall–Kier alpha value is -2.45. The lowest BCUT2D eigenvalue weighted by Crippen LogP contribution is -2.31. The van der Waals surface area contributed by atoms with E-state index in [9.17, 15) is 4.39 Å². The molecule has 5 heteroatoms. The quantitative estimate of drug-likeness (QED) is 0.916. The number of aromatic nitrogens is 1. The van der Waals surface area contributed by atoms with Crippen LogP contribution in [0.2, 0.25) is 0 Å². The number of hydrogen-bond acceptors (Lipinski definition) is 4. The summed E-state index contributed by atoms with van der Waals surface area (Å²) >= 11 is 0. The van der Waals surface area contributed by atoms with Crippen LogP contribution in [-0.4, -0.2) is 11.0 Å². The molecule has 0 spiro atoms. The third-order valence-corrected chi connectivity index (χ3v) is 3.24. The van der Waals surface area contributed by atoms with Crippen molar-refractivity contribution < 1.29 is 9.13 Å². The first-order chi connectivity index (χ1) is 10.2. The van der Waals surface area contributed by atoms with Gasteiger partial charge in [-0.1, -0.05) is 13.0 Å². The standard InChI is InChI=1S/C16H16FN3O/c1-2-14(19)16(11-6-8-20-9-7-11)21-15-5-3-4-13(17)12(15)10-18/h3-9,14,16H,2,19H2,1H3. The van der Waals surface area contributed by atoms with Crippen LogP contribution in [0.15, 0.2) is 42.7 Å². The smallest absolute Gasteiger partial charge is 0.144 e. The third kappa shape index (κ3) is 3.36. The highest BCUT2D eigenvalue weighted by atomic mass is 19.1. The van der Waals surface area contributed by atoms with Gasteiger partial charge in [-0.15, -0.1) is 0 Å². The Morgan fingerprint density at radius 1 is 1.33 bits per heavy atom. The Labute approximate surface area is 123 Å². The number of hydrogen-bond donors (Lipinski definition) is 1. The van der Waals surface area contributed by atoms with Crippen LogP contribution in [0.25, 0.3) is 0 Å². The lowest BCUT2D eigenvalue weighted by Gasteiger charge is -2.25. The van der Waals surface area contributed by atoms with Gasteiger partial charge in [0.15, 0.2) is 0 Å². The molecule has 0 aliphatic rings. The van der Waals surface area contributed by atoms with Crippen LogP contribution in [-0.2, 0) is 0 Å². The molecule has 21 heavy (non-hydrogen) atoms. The lowest BCUT2D eigenvalue weighted by molar-refractivity contribution is 0.170. The second kappa shape index (κ2) is 6.82. The van der Waals surface area contributed by atoms with E-state index in [1.165, 1.54) is 12.1 Å². The molecule has 4 nitrogen and oxygen atoms in total. The molecule has 1 aromatic heterocycles. The Balaban J connectivity index is 2.37. The minimum absolute atomic E-state index is 0.111. The maximum Gasteiger partial charge on any atom is 0.144 e. The summed E-state index contributed by atoms with van der Waals surface area (Å²) in [6.07, 6.45) is 3.51. The van der Waals surface area contributed by atoms with Gasteiger partial charge in [0, 0.05) is 18.4 Å². The SMILES string of the molecule is CCC(N)C(Oc1cccc(F)c1C#N)c1ccncc1. The molecule has 2 aromatic rings. The van der Waals surface area contributed by atoms with Crippen molar-refractivity contribution in [2.24, 2.45) is 5.73 Å². The molecule has 2 rings (SSSR count). The zero-order valence-electron chi connectivity index (χ0n) is 11.7. The maximum absolute atomic E-state index is 13.6. The summed E-state index contributed by atoms with van der Waals surface area (Å²) in [5, 5.41) is 9.07. The monoisotopic (exact) mass is 285 g/mol. The minimum atomic E-state index is -0.603. The van der Waals surface area contributed by atoms with Crippen molar-refractivity contribution in [1.82, 2.24) is 4.98 Å². The molecule has 2 unspecified atom stereocenters. The average molecular weight is 285 g/mol. The second-order valence-electron chi connectivity index (χ2n) is 4.62. The van der Waals surface area contributed by atoms with Crippen molar-refractivity contribution in [2.45, 2.75) is 25.5 Å². The third-order valence-electron chi connectivity index (χ3n) is 3.24. The number of nitriles is 1. The molecule has 0 saturated heterocycles. The molecule has 1 aromatic carbocycles. The van der Waals surface area contributed by atoms with E-state index >= 15 is 0 Å². The molecular formula is C16H16FN3O. The largest absolute Gasteiger partial charge is 0.483 e. The van der Waals surface area contributed by atoms with Crippen LogP contribution < -0.4 is 10.5 Å². The second-order valence-corrected chi connectivity index (χ2v) is 4.62. The first-order valence-corrected chi connectivity index (χ1v) is 6.68. The van der Waals surface area contributed by atoms with E-state index in [4.69, 9.17) is 15.7 Å². The fourth-order valence-electron chi connectivity index (χ4n) is 2.02. The average Bonchev–Trinajstić information content (AvgIpc) is 2.53. The van der Waals surface area contributed by atoms with E-state index in [-0.39, 0.29) is 17.4 Å². The number of rotatable bonds is 5. The molecule has 0 bridgehead atoms. The van der Waals surface area contributed by atoms with Gasteiger partial charge >= 0.3 is 0 Å². The number of nitrogens with two attached hydrogens (primary N) is 1. The zero-order chi connectivity index (χ0) is 15.2. The molecule has 0 amide bonds. The Bertz CT molecular complexity index is 640. The molecule has 0 aliphatic heterocycles. The van der Waals surface area contributed by atoms with Crippen LogP contribution in [0, 0.1) is 17.1 Å². The molecule has 0 aliphatic carbocycles. The van der Waals surface area contributed by atoms with Gasteiger partial charge in [-0.3, -0.25) is 4.98 Å². The number of ether oxygens (including phenoxy) is 1. The predicted molar refractivity (Wildman–Crippen MR) is 77.0 cm³/mol. The Kier molecular flexibility index (Phi) is 4.85. The van der Waals surface area contributed by atoms with Crippen molar-refractivity contribution in [1.29, 1.82) is 5.26 Å². The predicted octanol–water partition coefficient (Wildman–Crippen LogP) is 2.95. The van der Waals surface area contributed by atoms with Gasteiger partial charge in [0.25, 0.3) is 0 Å². The summed E-state index contributed by atoms with van der Waals surface area (Å²) in [6, 6.07) is 9.45. The highest BCUT2D eigenvalue weighted by molar-refractivity contribution is 5.44. The fourth-order valence-corrected chi connectivity index (χ4v) is 2.02. The highest BCUT2D eigenvalue weighted by Crippen LogP contribution is 2.28. The van der Waals surface area contributed by atoms with Gasteiger partial charge in [0.1, 0.15) is 29.3 Å². The van der Waals surface area contributed by atoms with Crippen LogP contribution in [0.4, 0.5) is 4.39 Å². The summed E-state index contributed by atoms with van der Waals surface area (Å²) in [7, 11) is 0. The van der Waals surface area contributed by atoms with Crippen LogP contribution in [0.5, 0.6) is 5.75 Å². The van der Waals surface area contributed by atoms with Crippen molar-refractivity contribution in [2.75, 3.05) is 0 Å². The van der Waals surface area contributed by atoms with Gasteiger partial charge in [-0.2, -0.15) is 5.26 Å². The molecule has 0 fully saturated rings. The molecule has 0 radical (unpaired) electrons. The normalized spacial score (nSPS) is 13.2. The van der Waals surface area contributed by atoms with Crippen molar-refractivity contribution in [3.8, 4) is 11.8 Å². The first-order valence-electron chi connectivity index (χ1n) is 6.68. The number of pyridine rings is 1. The molecule has 2 N–H and O–H groups in total. The van der Waals surface area contributed by atoms with Gasteiger partial charge in [-0.05, 0) is 36.2 Å². The van der Waals surface area contributed by atoms with Gasteiger partial charge in [0.05, 0.1) is 0 Å². The number of benzene rings is 1. The van der Waals surface area contributed by atoms with E-state index in [2.05, 4.69) is 4.98 Å². The first kappa shape index (κ1) is 14.9. The molecule has 1 heterocycles. The van der Waals surface area contributed by atoms with E-state index in [0.717, 1.165) is 5.56 Å². The summed E-state index contributed by atoms with van der Waals surface area (Å²) in [5.41, 5.74) is 6.83. The zero-order valence-corrected chi connectivity index (χ0v) is 11.7. The molecular weight excluding hydrogens is 269 g/mol. The lowest BCUT2D eigenvalue weighted by atomic mass is 10.0.